The second-order valence-electron chi connectivity index (χ2n) is 6.13. The van der Waals surface area contributed by atoms with E-state index in [0.29, 0.717) is 18.5 Å². The molecule has 1 aromatic carbocycles. The largest absolute Gasteiger partial charge is 0.474 e. The van der Waals surface area contributed by atoms with Gasteiger partial charge in [0, 0.05) is 11.8 Å². The van der Waals surface area contributed by atoms with Gasteiger partial charge in [-0.1, -0.05) is 0 Å². The number of benzene rings is 1. The number of alkyl halides is 6. The van der Waals surface area contributed by atoms with Gasteiger partial charge in [0.1, 0.15) is 12.9 Å². The van der Waals surface area contributed by atoms with Gasteiger partial charge in [0.05, 0.1) is 17.2 Å². The zero-order valence-corrected chi connectivity index (χ0v) is 15.0. The lowest BCUT2D eigenvalue weighted by Gasteiger charge is -2.22. The number of rotatable bonds is 5. The quantitative estimate of drug-likeness (QED) is 0.700. The number of amides is 1. The van der Waals surface area contributed by atoms with Gasteiger partial charge in [-0.05, 0) is 25.1 Å². The average Bonchev–Trinajstić information content (AvgIpc) is 2.65. The first-order chi connectivity index (χ1) is 13.7. The Hall–Kier alpha value is -3.40. The molecule has 160 valence electrons. The van der Waals surface area contributed by atoms with Crippen molar-refractivity contribution in [3.8, 4) is 11.9 Å². The Bertz CT molecular complexity index is 983. The summed E-state index contributed by atoms with van der Waals surface area (Å²) in [4.78, 5) is 18.6. The van der Waals surface area contributed by atoms with Crippen LogP contribution in [0.4, 0.5) is 32.0 Å². The monoisotopic (exact) mass is 434 g/mol. The van der Waals surface area contributed by atoms with E-state index < -0.39 is 53.2 Å². The Morgan fingerprint density at radius 2 is 1.83 bits per heavy atom. The summed E-state index contributed by atoms with van der Waals surface area (Å²) in [7, 11) is 0. The molecule has 1 aromatic heterocycles. The van der Waals surface area contributed by atoms with Crippen LogP contribution in [0.1, 0.15) is 23.7 Å². The van der Waals surface area contributed by atoms with E-state index >= 15 is 0 Å². The highest BCUT2D eigenvalue weighted by Gasteiger charge is 2.36. The number of ether oxygens (including phenoxy) is 1. The second kappa shape index (κ2) is 8.15. The number of aromatic nitrogens is 2. The van der Waals surface area contributed by atoms with Crippen LogP contribution >= 0.6 is 0 Å². The Morgan fingerprint density at radius 3 is 2.40 bits per heavy atom. The van der Waals surface area contributed by atoms with Gasteiger partial charge in [0.15, 0.2) is 11.3 Å². The first kappa shape index (κ1) is 22.9. The maximum absolute atomic E-state index is 13.0. The second-order valence-corrected chi connectivity index (χ2v) is 6.13. The molecule has 0 fully saturated rings. The maximum atomic E-state index is 13.0. The molecule has 13 heteroatoms. The van der Waals surface area contributed by atoms with Gasteiger partial charge in [-0.25, -0.2) is 9.97 Å². The fraction of sp³-hybridized carbons (Fsp3) is 0.294. The molecule has 0 unspecified atom stereocenters. The van der Waals surface area contributed by atoms with E-state index in [4.69, 9.17) is 10.00 Å². The minimum absolute atomic E-state index is 0.368. The van der Waals surface area contributed by atoms with Crippen LogP contribution in [0.2, 0.25) is 0 Å². The van der Waals surface area contributed by atoms with E-state index in [9.17, 15) is 36.2 Å². The van der Waals surface area contributed by atoms with Crippen LogP contribution in [0.5, 0.6) is 5.88 Å². The van der Waals surface area contributed by atoms with Gasteiger partial charge >= 0.3 is 12.4 Å². The molecule has 0 radical (unpaired) electrons. The van der Waals surface area contributed by atoms with E-state index in [2.05, 4.69) is 9.97 Å². The molecule has 1 amide bonds. The third-order valence-electron chi connectivity index (χ3n) is 3.63. The van der Waals surface area contributed by atoms with Crippen LogP contribution in [0, 0.1) is 11.3 Å². The third kappa shape index (κ3) is 5.57. The van der Waals surface area contributed by atoms with E-state index in [-0.39, 0.29) is 5.69 Å². The number of nitriles is 1. The summed E-state index contributed by atoms with van der Waals surface area (Å²) < 4.78 is 81.7. The van der Waals surface area contributed by atoms with Crippen molar-refractivity contribution in [3.05, 3.63) is 47.4 Å². The lowest BCUT2D eigenvalue weighted by Crippen LogP contribution is -2.45. The predicted molar refractivity (Wildman–Crippen MR) is 87.9 cm³/mol. The molecular weight excluding hydrogens is 422 g/mol. The highest BCUT2D eigenvalue weighted by molar-refractivity contribution is 5.97. The van der Waals surface area contributed by atoms with Crippen molar-refractivity contribution in [1.82, 2.24) is 9.97 Å². The van der Waals surface area contributed by atoms with E-state index in [0.717, 1.165) is 19.1 Å². The van der Waals surface area contributed by atoms with Crippen molar-refractivity contribution in [2.75, 3.05) is 11.9 Å². The molecule has 0 spiro atoms. The number of hydrogen-bond donors (Lipinski definition) is 2. The minimum Gasteiger partial charge on any atom is -0.474 e. The van der Waals surface area contributed by atoms with Crippen LogP contribution in [0.3, 0.4) is 0 Å². The normalized spacial score (nSPS) is 13.8. The number of aliphatic hydroxyl groups is 1. The van der Waals surface area contributed by atoms with Crippen LogP contribution in [0.15, 0.2) is 30.6 Å². The number of anilines is 1. The lowest BCUT2D eigenvalue weighted by molar-refractivity contribution is -0.141. The van der Waals surface area contributed by atoms with Crippen molar-refractivity contribution in [2.45, 2.75) is 24.9 Å². The first-order valence-electron chi connectivity index (χ1n) is 7.91. The summed E-state index contributed by atoms with van der Waals surface area (Å²) in [5.41, 5.74) is -5.99. The Morgan fingerprint density at radius 1 is 1.17 bits per heavy atom. The molecule has 7 nitrogen and oxygen atoms in total. The highest BCUT2D eigenvalue weighted by atomic mass is 19.4. The lowest BCUT2D eigenvalue weighted by atomic mass is 10.1. The maximum Gasteiger partial charge on any atom is 0.433 e. The van der Waals surface area contributed by atoms with E-state index in [1.165, 1.54) is 6.07 Å². The molecule has 1 atom stereocenters. The van der Waals surface area contributed by atoms with Crippen molar-refractivity contribution < 1.29 is 41.0 Å². The van der Waals surface area contributed by atoms with Crippen LogP contribution in [-0.4, -0.2) is 33.2 Å². The molecule has 0 bridgehead atoms. The zero-order valence-electron chi connectivity index (χ0n) is 15.0. The summed E-state index contributed by atoms with van der Waals surface area (Å²) >= 11 is 0. The first-order valence-corrected chi connectivity index (χ1v) is 7.91. The van der Waals surface area contributed by atoms with Crippen LogP contribution < -0.4 is 10.1 Å². The summed E-state index contributed by atoms with van der Waals surface area (Å²) in [5, 5.41) is 21.0. The van der Waals surface area contributed by atoms with Gasteiger partial charge in [-0.15, -0.1) is 0 Å². The van der Waals surface area contributed by atoms with Crippen molar-refractivity contribution in [2.24, 2.45) is 0 Å². The molecule has 0 aliphatic rings. The molecule has 2 rings (SSSR count). The third-order valence-corrected chi connectivity index (χ3v) is 3.63. The molecule has 2 N–H and O–H groups in total. The number of carbonyl (C=O) groups excluding carboxylic acids is 1. The Kier molecular flexibility index (Phi) is 6.22. The minimum atomic E-state index is -4.86. The standard InChI is InChI=1S/C17H12F6N4O3/c1-15(29,7-30-13-5-12(17(21,22)23)25-8-26-13)14(28)27-10-3-2-9(6-24)11(4-10)16(18,19)20/h2-5,8,29H,7H2,1H3,(H,27,28)/t15-/m0/s1. The van der Waals surface area contributed by atoms with E-state index in [1.807, 2.05) is 5.32 Å². The SMILES string of the molecule is C[C@](O)(COc1cc(C(F)(F)F)ncn1)C(=O)Nc1ccc(C#N)c(C(F)(F)F)c1. The smallest absolute Gasteiger partial charge is 0.433 e. The Labute approximate surface area is 164 Å². The Balaban J connectivity index is 2.13. The topological polar surface area (TPSA) is 108 Å². The average molecular weight is 434 g/mol. The van der Waals surface area contributed by atoms with Gasteiger partial charge in [-0.3, -0.25) is 4.79 Å². The van der Waals surface area contributed by atoms with Gasteiger partial charge < -0.3 is 15.2 Å². The van der Waals surface area contributed by atoms with Gasteiger partial charge in [0.25, 0.3) is 5.91 Å². The summed E-state index contributed by atoms with van der Waals surface area (Å²) in [6.45, 7) is 0.0675. The predicted octanol–water partition coefficient (Wildman–Crippen LogP) is 3.15. The molecule has 2 aromatic rings. The fourth-order valence-corrected chi connectivity index (χ4v) is 2.07. The molecule has 0 saturated heterocycles. The van der Waals surface area contributed by atoms with Crippen LogP contribution in [0.25, 0.3) is 0 Å². The molecule has 0 aliphatic carbocycles. The van der Waals surface area contributed by atoms with E-state index in [1.54, 1.807) is 0 Å². The van der Waals surface area contributed by atoms with Crippen molar-refractivity contribution >= 4 is 11.6 Å². The number of carbonyl (C=O) groups is 1. The summed E-state index contributed by atoms with van der Waals surface area (Å²) in [6, 6.07) is 4.18. The number of hydrogen-bond acceptors (Lipinski definition) is 6. The van der Waals surface area contributed by atoms with Gasteiger partial charge in [0.2, 0.25) is 5.88 Å². The summed E-state index contributed by atoms with van der Waals surface area (Å²) in [6.07, 6.45) is -9.06. The fourth-order valence-electron chi connectivity index (χ4n) is 2.07. The number of halogens is 6. The molecule has 1 heterocycles. The van der Waals surface area contributed by atoms with Crippen molar-refractivity contribution in [1.29, 1.82) is 5.26 Å². The number of nitrogens with zero attached hydrogens (tertiary/aromatic N) is 3. The molecule has 30 heavy (non-hydrogen) atoms. The van der Waals surface area contributed by atoms with Gasteiger partial charge in [-0.2, -0.15) is 31.6 Å². The van der Waals surface area contributed by atoms with Crippen LogP contribution in [-0.2, 0) is 17.1 Å². The van der Waals surface area contributed by atoms with Crippen molar-refractivity contribution in [3.63, 3.8) is 0 Å². The molecular formula is C17H12F6N4O3. The highest BCUT2D eigenvalue weighted by Crippen LogP contribution is 2.34. The summed E-state index contributed by atoms with van der Waals surface area (Å²) in [5.74, 6) is -1.78. The molecule has 0 aliphatic heterocycles. The number of nitrogens with one attached hydrogen (secondary N) is 1. The molecule has 0 saturated carbocycles. The zero-order chi connectivity index (χ0) is 22.7.